The Bertz CT molecular complexity index is 746. The van der Waals surface area contributed by atoms with E-state index in [0.717, 1.165) is 0 Å². The van der Waals surface area contributed by atoms with Gasteiger partial charge in [0.15, 0.2) is 11.0 Å². The number of nitrogens with one attached hydrogen (secondary N) is 1. The molecule has 8 heteroatoms. The average Bonchev–Trinajstić information content (AvgIpc) is 2.84. The molecule has 0 bridgehead atoms. The summed E-state index contributed by atoms with van der Waals surface area (Å²) in [6.45, 7) is 0. The van der Waals surface area contributed by atoms with Gasteiger partial charge in [-0.2, -0.15) is 0 Å². The third-order valence-electron chi connectivity index (χ3n) is 3.39. The number of imide groups is 1. The molecule has 114 valence electrons. The van der Waals surface area contributed by atoms with E-state index in [1.165, 1.54) is 17.8 Å². The Balaban J connectivity index is 1.84. The van der Waals surface area contributed by atoms with Crippen molar-refractivity contribution >= 4 is 23.6 Å². The molecule has 22 heavy (non-hydrogen) atoms. The smallest absolute Gasteiger partial charge is 0.240 e. The van der Waals surface area contributed by atoms with Crippen molar-refractivity contribution in [3.8, 4) is 11.4 Å². The van der Waals surface area contributed by atoms with Gasteiger partial charge in [-0.1, -0.05) is 23.9 Å². The third-order valence-corrected chi connectivity index (χ3v) is 4.69. The minimum atomic E-state index is -0.394. The molecule has 1 N–H and O–H groups in total. The zero-order chi connectivity index (χ0) is 15.7. The fourth-order valence-electron chi connectivity index (χ4n) is 2.21. The SMILES string of the molecule is Cn1c(S[C@H]2CCC(=O)NC2=O)nnc1-c1ccccc1F. The van der Waals surface area contributed by atoms with Gasteiger partial charge >= 0.3 is 0 Å². The van der Waals surface area contributed by atoms with Crippen LogP contribution in [-0.2, 0) is 16.6 Å². The van der Waals surface area contributed by atoms with E-state index >= 15 is 0 Å². The Morgan fingerprint density at radius 3 is 2.82 bits per heavy atom. The van der Waals surface area contributed by atoms with Crippen LogP contribution in [0.1, 0.15) is 12.8 Å². The van der Waals surface area contributed by atoms with Crippen molar-refractivity contribution < 1.29 is 14.0 Å². The Kier molecular flexibility index (Phi) is 3.93. The second-order valence-electron chi connectivity index (χ2n) is 4.90. The van der Waals surface area contributed by atoms with Gasteiger partial charge in [-0.05, 0) is 18.6 Å². The number of hydrogen-bond donors (Lipinski definition) is 1. The van der Waals surface area contributed by atoms with Gasteiger partial charge in [-0.3, -0.25) is 14.9 Å². The van der Waals surface area contributed by atoms with Crippen LogP contribution in [-0.4, -0.2) is 31.8 Å². The predicted molar refractivity (Wildman–Crippen MR) is 78.4 cm³/mol. The summed E-state index contributed by atoms with van der Waals surface area (Å²) in [6, 6.07) is 6.31. The van der Waals surface area contributed by atoms with Crippen LogP contribution in [0.3, 0.4) is 0 Å². The molecule has 3 rings (SSSR count). The minimum absolute atomic E-state index is 0.258. The first-order valence-electron chi connectivity index (χ1n) is 6.71. The summed E-state index contributed by atoms with van der Waals surface area (Å²) in [5, 5.41) is 10.4. The number of thioether (sulfide) groups is 1. The van der Waals surface area contributed by atoms with Gasteiger partial charge in [-0.15, -0.1) is 10.2 Å². The number of benzene rings is 1. The van der Waals surface area contributed by atoms with Gasteiger partial charge in [0.2, 0.25) is 11.8 Å². The van der Waals surface area contributed by atoms with Crippen molar-refractivity contribution in [1.82, 2.24) is 20.1 Å². The van der Waals surface area contributed by atoms with Crippen LogP contribution in [0.25, 0.3) is 11.4 Å². The molecule has 2 amide bonds. The van der Waals surface area contributed by atoms with Crippen molar-refractivity contribution in [1.29, 1.82) is 0 Å². The van der Waals surface area contributed by atoms with E-state index in [1.54, 1.807) is 29.8 Å². The molecule has 0 spiro atoms. The second kappa shape index (κ2) is 5.88. The van der Waals surface area contributed by atoms with E-state index in [9.17, 15) is 14.0 Å². The number of carbonyl (C=O) groups is 2. The Morgan fingerprint density at radius 1 is 1.32 bits per heavy atom. The minimum Gasteiger partial charge on any atom is -0.305 e. The molecule has 1 aromatic carbocycles. The van der Waals surface area contributed by atoms with Crippen molar-refractivity contribution in [2.45, 2.75) is 23.2 Å². The Hall–Kier alpha value is -2.22. The van der Waals surface area contributed by atoms with Crippen molar-refractivity contribution in [2.75, 3.05) is 0 Å². The van der Waals surface area contributed by atoms with E-state index in [1.807, 2.05) is 0 Å². The lowest BCUT2D eigenvalue weighted by atomic mass is 10.1. The highest BCUT2D eigenvalue weighted by atomic mass is 32.2. The van der Waals surface area contributed by atoms with Gasteiger partial charge in [0.25, 0.3) is 0 Å². The molecule has 1 aliphatic heterocycles. The summed E-state index contributed by atoms with van der Waals surface area (Å²) in [7, 11) is 1.72. The number of piperidine rings is 1. The van der Waals surface area contributed by atoms with E-state index in [4.69, 9.17) is 0 Å². The zero-order valence-electron chi connectivity index (χ0n) is 11.7. The number of hydrogen-bond acceptors (Lipinski definition) is 5. The lowest BCUT2D eigenvalue weighted by Gasteiger charge is -2.19. The quantitative estimate of drug-likeness (QED) is 0.868. The lowest BCUT2D eigenvalue weighted by molar-refractivity contribution is -0.132. The van der Waals surface area contributed by atoms with Gasteiger partial charge < -0.3 is 4.57 Å². The maximum atomic E-state index is 13.8. The topological polar surface area (TPSA) is 76.9 Å². The second-order valence-corrected chi connectivity index (χ2v) is 6.07. The molecule has 0 radical (unpaired) electrons. The predicted octanol–water partition coefficient (Wildman–Crippen LogP) is 1.52. The molecule has 1 aliphatic rings. The average molecular weight is 320 g/mol. The largest absolute Gasteiger partial charge is 0.305 e. The van der Waals surface area contributed by atoms with Crippen LogP contribution in [0, 0.1) is 5.82 Å². The van der Waals surface area contributed by atoms with Crippen LogP contribution >= 0.6 is 11.8 Å². The van der Waals surface area contributed by atoms with E-state index in [0.29, 0.717) is 29.4 Å². The molecule has 0 saturated carbocycles. The van der Waals surface area contributed by atoms with Crippen molar-refractivity contribution in [2.24, 2.45) is 7.05 Å². The molecule has 1 fully saturated rings. The molecule has 1 aromatic heterocycles. The number of aromatic nitrogens is 3. The maximum Gasteiger partial charge on any atom is 0.240 e. The van der Waals surface area contributed by atoms with Crippen LogP contribution < -0.4 is 5.32 Å². The highest BCUT2D eigenvalue weighted by Gasteiger charge is 2.29. The van der Waals surface area contributed by atoms with Crippen LogP contribution in [0.15, 0.2) is 29.4 Å². The van der Waals surface area contributed by atoms with Gasteiger partial charge in [-0.25, -0.2) is 4.39 Å². The van der Waals surface area contributed by atoms with Crippen LogP contribution in [0.2, 0.25) is 0 Å². The summed E-state index contributed by atoms with van der Waals surface area (Å²) in [6.07, 6.45) is 0.763. The molecule has 0 unspecified atom stereocenters. The highest BCUT2D eigenvalue weighted by molar-refractivity contribution is 8.00. The molecule has 1 atom stereocenters. The fraction of sp³-hybridized carbons (Fsp3) is 0.286. The molecule has 2 heterocycles. The molecule has 1 saturated heterocycles. The summed E-state index contributed by atoms with van der Waals surface area (Å²) in [4.78, 5) is 22.9. The number of nitrogens with zero attached hydrogens (tertiary/aromatic N) is 3. The summed E-state index contributed by atoms with van der Waals surface area (Å²) >= 11 is 1.23. The zero-order valence-corrected chi connectivity index (χ0v) is 12.6. The number of amides is 2. The highest BCUT2D eigenvalue weighted by Crippen LogP contribution is 2.29. The Morgan fingerprint density at radius 2 is 2.09 bits per heavy atom. The lowest BCUT2D eigenvalue weighted by Crippen LogP contribution is -2.42. The van der Waals surface area contributed by atoms with Gasteiger partial charge in [0, 0.05) is 13.5 Å². The number of halogens is 1. The standard InChI is InChI=1S/C14H13FN4O2S/c1-19-12(8-4-2-3-5-9(8)15)17-18-14(19)22-10-6-7-11(20)16-13(10)21/h2-5,10H,6-7H2,1H3,(H,16,20,21)/t10-/m0/s1. The molecular formula is C14H13FN4O2S. The summed E-state index contributed by atoms with van der Waals surface area (Å²) in [5.74, 6) is -0.563. The number of carbonyl (C=O) groups excluding carboxylic acids is 2. The van der Waals surface area contributed by atoms with Gasteiger partial charge in [0.05, 0.1) is 10.8 Å². The normalized spacial score (nSPS) is 18.4. The third kappa shape index (κ3) is 2.74. The number of rotatable bonds is 3. The molecule has 6 nitrogen and oxygen atoms in total. The van der Waals surface area contributed by atoms with Crippen molar-refractivity contribution in [3.63, 3.8) is 0 Å². The molecule has 0 aliphatic carbocycles. The Labute approximate surface area is 130 Å². The first-order valence-corrected chi connectivity index (χ1v) is 7.59. The van der Waals surface area contributed by atoms with Crippen molar-refractivity contribution in [3.05, 3.63) is 30.1 Å². The van der Waals surface area contributed by atoms with E-state index < -0.39 is 5.25 Å². The summed E-state index contributed by atoms with van der Waals surface area (Å²) in [5.41, 5.74) is 0.354. The van der Waals surface area contributed by atoms with E-state index in [-0.39, 0.29) is 17.6 Å². The maximum absolute atomic E-state index is 13.8. The van der Waals surface area contributed by atoms with E-state index in [2.05, 4.69) is 15.5 Å². The monoisotopic (exact) mass is 320 g/mol. The first-order chi connectivity index (χ1) is 10.6. The fourth-order valence-corrected chi connectivity index (χ4v) is 3.20. The van der Waals surface area contributed by atoms with Gasteiger partial charge in [0.1, 0.15) is 5.82 Å². The van der Waals surface area contributed by atoms with Crippen LogP contribution in [0.5, 0.6) is 0 Å². The molecule has 2 aromatic rings. The first kappa shape index (κ1) is 14.7. The van der Waals surface area contributed by atoms with Crippen LogP contribution in [0.4, 0.5) is 4.39 Å². The summed E-state index contributed by atoms with van der Waals surface area (Å²) < 4.78 is 15.5. The molecular weight excluding hydrogens is 307 g/mol.